The molecule has 2 aromatic rings. The molecule has 0 saturated carbocycles. The molecule has 0 spiro atoms. The van der Waals surface area contributed by atoms with Gasteiger partial charge in [-0.1, -0.05) is 36.4 Å². The summed E-state index contributed by atoms with van der Waals surface area (Å²) < 4.78 is 0. The van der Waals surface area contributed by atoms with Gasteiger partial charge in [0.1, 0.15) is 5.75 Å². The van der Waals surface area contributed by atoms with Gasteiger partial charge in [0.05, 0.1) is 0 Å². The molecule has 0 amide bonds. The van der Waals surface area contributed by atoms with Gasteiger partial charge >= 0.3 is 29.6 Å². The van der Waals surface area contributed by atoms with Crippen molar-refractivity contribution in [2.75, 3.05) is 0 Å². The van der Waals surface area contributed by atoms with Crippen LogP contribution in [-0.4, -0.2) is 5.11 Å². The van der Waals surface area contributed by atoms with Crippen molar-refractivity contribution in [3.63, 3.8) is 0 Å². The van der Waals surface area contributed by atoms with E-state index >= 15 is 0 Å². The van der Waals surface area contributed by atoms with E-state index in [0.717, 1.165) is 5.56 Å². The molecule has 2 rings (SSSR count). The molecule has 2 aromatic carbocycles. The largest absolute Gasteiger partial charge is 1.00 e. The molecule has 0 aliphatic heterocycles. The molecule has 1 N–H and O–H groups in total. The third kappa shape index (κ3) is 2.85. The maximum atomic E-state index is 9.17. The van der Waals surface area contributed by atoms with E-state index in [-0.39, 0.29) is 31.0 Å². The van der Waals surface area contributed by atoms with Crippen molar-refractivity contribution < 1.29 is 36.1 Å². The molecule has 0 radical (unpaired) electrons. The van der Waals surface area contributed by atoms with Gasteiger partial charge in [-0.25, -0.2) is 0 Å². The third-order valence-electron chi connectivity index (χ3n) is 2.32. The van der Waals surface area contributed by atoms with Crippen LogP contribution in [0.15, 0.2) is 48.5 Å². The first-order valence-electron chi connectivity index (χ1n) is 4.62. The Morgan fingerprint density at radius 2 is 1.53 bits per heavy atom. The monoisotopic (exact) mass is 208 g/mol. The number of aromatic hydroxyl groups is 1. The van der Waals surface area contributed by atoms with Crippen LogP contribution in [0.1, 0.15) is 6.99 Å². The van der Waals surface area contributed by atoms with E-state index < -0.39 is 0 Å². The summed E-state index contributed by atoms with van der Waals surface area (Å²) in [5.41, 5.74) is 3.60. The van der Waals surface area contributed by atoms with Crippen LogP contribution in [0.2, 0.25) is 0 Å². The summed E-state index contributed by atoms with van der Waals surface area (Å²) in [6.07, 6.45) is 0. The van der Waals surface area contributed by atoms with Crippen LogP contribution in [0.4, 0.5) is 0 Å². The van der Waals surface area contributed by atoms with Crippen LogP contribution in [0, 0.1) is 6.92 Å². The van der Waals surface area contributed by atoms with Gasteiger partial charge in [-0.05, 0) is 35.7 Å². The standard InChI is InChI=1S/C13H12O.Na.H/c1-10-4-2-3-5-13(10)11-6-8-12(14)9-7-11;;/h2-9,14H,1H3;;/q;+1;-1. The summed E-state index contributed by atoms with van der Waals surface area (Å²) in [7, 11) is 0. The molecular weight excluding hydrogens is 195 g/mol. The SMILES string of the molecule is Cc1ccccc1-c1ccc(O)cc1.[H-].[Na+]. The van der Waals surface area contributed by atoms with E-state index in [1.54, 1.807) is 12.1 Å². The zero-order valence-corrected chi connectivity index (χ0v) is 11.1. The molecule has 1 nitrogen and oxygen atoms in total. The fourth-order valence-corrected chi connectivity index (χ4v) is 1.54. The number of phenols is 1. The number of hydrogen-bond acceptors (Lipinski definition) is 1. The number of rotatable bonds is 1. The Labute approximate surface area is 114 Å². The van der Waals surface area contributed by atoms with E-state index in [2.05, 4.69) is 19.1 Å². The molecule has 0 saturated heterocycles. The number of benzene rings is 2. The Morgan fingerprint density at radius 3 is 2.13 bits per heavy atom. The first kappa shape index (κ1) is 12.3. The Morgan fingerprint density at radius 1 is 0.933 bits per heavy atom. The molecular formula is C13H13NaO. The molecule has 0 aliphatic rings. The molecule has 0 unspecified atom stereocenters. The molecule has 0 heterocycles. The summed E-state index contributed by atoms with van der Waals surface area (Å²) in [4.78, 5) is 0. The fourth-order valence-electron chi connectivity index (χ4n) is 1.54. The second kappa shape index (κ2) is 5.36. The molecule has 0 fully saturated rings. The Hall–Kier alpha value is -0.760. The number of phenolic OH excluding ortho intramolecular Hbond substituents is 1. The van der Waals surface area contributed by atoms with Gasteiger partial charge in [-0.2, -0.15) is 0 Å². The normalized spacial score (nSPS) is 9.40. The maximum Gasteiger partial charge on any atom is 1.00 e. The molecule has 2 heteroatoms. The Balaban J connectivity index is 0.00000112. The molecule has 0 bridgehead atoms. The molecule has 15 heavy (non-hydrogen) atoms. The molecule has 0 atom stereocenters. The van der Waals surface area contributed by atoms with Crippen molar-refractivity contribution >= 4 is 0 Å². The van der Waals surface area contributed by atoms with E-state index in [1.807, 2.05) is 24.3 Å². The zero-order chi connectivity index (χ0) is 9.97. The van der Waals surface area contributed by atoms with Crippen molar-refractivity contribution in [1.82, 2.24) is 0 Å². The van der Waals surface area contributed by atoms with Crippen LogP contribution < -0.4 is 29.6 Å². The summed E-state index contributed by atoms with van der Waals surface area (Å²) in [6.45, 7) is 2.09. The van der Waals surface area contributed by atoms with Crippen LogP contribution in [-0.2, 0) is 0 Å². The summed E-state index contributed by atoms with van der Waals surface area (Å²) in [6, 6.07) is 15.5. The first-order valence-corrected chi connectivity index (χ1v) is 4.62. The molecule has 72 valence electrons. The number of hydrogen-bond donors (Lipinski definition) is 1. The van der Waals surface area contributed by atoms with Crippen LogP contribution in [0.5, 0.6) is 5.75 Å². The van der Waals surface area contributed by atoms with E-state index in [9.17, 15) is 5.11 Å². The minimum Gasteiger partial charge on any atom is -1.00 e. The second-order valence-corrected chi connectivity index (χ2v) is 3.36. The van der Waals surface area contributed by atoms with Crippen LogP contribution in [0.25, 0.3) is 11.1 Å². The topological polar surface area (TPSA) is 20.2 Å². The second-order valence-electron chi connectivity index (χ2n) is 3.36. The fraction of sp³-hybridized carbons (Fsp3) is 0.0769. The van der Waals surface area contributed by atoms with Gasteiger partial charge in [0.15, 0.2) is 0 Å². The van der Waals surface area contributed by atoms with Crippen LogP contribution >= 0.6 is 0 Å². The minimum atomic E-state index is 0. The smallest absolute Gasteiger partial charge is 1.00 e. The molecule has 0 aromatic heterocycles. The zero-order valence-electron chi connectivity index (χ0n) is 10.1. The van der Waals surface area contributed by atoms with Crippen molar-refractivity contribution in [3.05, 3.63) is 54.1 Å². The van der Waals surface area contributed by atoms with E-state index in [4.69, 9.17) is 0 Å². The van der Waals surface area contributed by atoms with Gasteiger partial charge in [-0.3, -0.25) is 0 Å². The van der Waals surface area contributed by atoms with E-state index in [1.165, 1.54) is 11.1 Å². The van der Waals surface area contributed by atoms with Crippen molar-refractivity contribution in [2.24, 2.45) is 0 Å². The first-order chi connectivity index (χ1) is 6.77. The maximum absolute atomic E-state index is 9.17. The van der Waals surface area contributed by atoms with Gasteiger partial charge in [0, 0.05) is 0 Å². The Kier molecular flexibility index (Phi) is 4.40. The van der Waals surface area contributed by atoms with Crippen molar-refractivity contribution in [1.29, 1.82) is 0 Å². The number of aryl methyl sites for hydroxylation is 1. The third-order valence-corrected chi connectivity index (χ3v) is 2.32. The summed E-state index contributed by atoms with van der Waals surface area (Å²) in [5.74, 6) is 0.308. The minimum absolute atomic E-state index is 0. The van der Waals surface area contributed by atoms with Crippen molar-refractivity contribution in [3.8, 4) is 16.9 Å². The quantitative estimate of drug-likeness (QED) is 0.676. The average molecular weight is 208 g/mol. The predicted molar refractivity (Wildman–Crippen MR) is 59.4 cm³/mol. The predicted octanol–water partition coefficient (Wildman–Crippen LogP) is 0.484. The van der Waals surface area contributed by atoms with Crippen molar-refractivity contribution in [2.45, 2.75) is 6.92 Å². The average Bonchev–Trinajstić information content (AvgIpc) is 2.20. The van der Waals surface area contributed by atoms with Gasteiger partial charge in [0.25, 0.3) is 0 Å². The summed E-state index contributed by atoms with van der Waals surface area (Å²) >= 11 is 0. The van der Waals surface area contributed by atoms with Gasteiger partial charge in [-0.15, -0.1) is 0 Å². The van der Waals surface area contributed by atoms with Gasteiger partial charge in [0.2, 0.25) is 0 Å². The summed E-state index contributed by atoms with van der Waals surface area (Å²) in [5, 5.41) is 9.17. The Bertz CT molecular complexity index is 440. The van der Waals surface area contributed by atoms with E-state index in [0.29, 0.717) is 5.75 Å². The molecule has 0 aliphatic carbocycles. The van der Waals surface area contributed by atoms with Gasteiger partial charge < -0.3 is 6.53 Å². The van der Waals surface area contributed by atoms with Crippen LogP contribution in [0.3, 0.4) is 0 Å².